The summed E-state index contributed by atoms with van der Waals surface area (Å²) in [6.45, 7) is 2.22. The third-order valence-electron chi connectivity index (χ3n) is 2.67. The highest BCUT2D eigenvalue weighted by molar-refractivity contribution is 5.80. The van der Waals surface area contributed by atoms with Gasteiger partial charge in [-0.3, -0.25) is 4.79 Å². The molecule has 0 saturated heterocycles. The van der Waals surface area contributed by atoms with Gasteiger partial charge in [-0.15, -0.1) is 0 Å². The lowest BCUT2D eigenvalue weighted by Crippen LogP contribution is -1.89. The average molecular weight is 180 g/mol. The molecule has 1 heteroatoms. The first-order valence-electron chi connectivity index (χ1n) is 5.51. The van der Waals surface area contributed by atoms with Crippen LogP contribution in [0.1, 0.15) is 51.9 Å². The zero-order chi connectivity index (χ0) is 9.52. The molecule has 0 spiro atoms. The number of allylic oxidation sites excluding steroid dienone is 2. The van der Waals surface area contributed by atoms with Crippen molar-refractivity contribution in [3.05, 3.63) is 12.2 Å². The number of rotatable bonds is 5. The minimum atomic E-state index is 0.447. The fraction of sp³-hybridized carbons (Fsp3) is 0.750. The molecule has 1 unspecified atom stereocenters. The van der Waals surface area contributed by atoms with Crippen LogP contribution in [-0.2, 0) is 4.79 Å². The van der Waals surface area contributed by atoms with Crippen LogP contribution in [0.4, 0.5) is 0 Å². The topological polar surface area (TPSA) is 17.1 Å². The van der Waals surface area contributed by atoms with E-state index in [2.05, 4.69) is 19.1 Å². The van der Waals surface area contributed by atoms with Crippen LogP contribution in [0.2, 0.25) is 0 Å². The Labute approximate surface area is 81.2 Å². The summed E-state index contributed by atoms with van der Waals surface area (Å²) in [6.07, 6.45) is 12.3. The van der Waals surface area contributed by atoms with Gasteiger partial charge in [-0.05, 0) is 25.2 Å². The SMILES string of the molecule is CCCCC/C=C/C1CCC(=O)C1. The van der Waals surface area contributed by atoms with Gasteiger partial charge in [-0.25, -0.2) is 0 Å². The minimum absolute atomic E-state index is 0.447. The van der Waals surface area contributed by atoms with Crippen molar-refractivity contribution in [3.63, 3.8) is 0 Å². The van der Waals surface area contributed by atoms with Crippen molar-refractivity contribution in [3.8, 4) is 0 Å². The summed E-state index contributed by atoms with van der Waals surface area (Å²) in [5, 5.41) is 0. The van der Waals surface area contributed by atoms with Gasteiger partial charge in [0.1, 0.15) is 5.78 Å². The molecule has 1 aliphatic carbocycles. The summed E-state index contributed by atoms with van der Waals surface area (Å²) in [4.78, 5) is 11.0. The lowest BCUT2D eigenvalue weighted by molar-refractivity contribution is -0.117. The Balaban J connectivity index is 2.06. The molecule has 1 nitrogen and oxygen atoms in total. The molecule has 1 atom stereocenters. The number of hydrogen-bond acceptors (Lipinski definition) is 1. The summed E-state index contributed by atoms with van der Waals surface area (Å²) < 4.78 is 0. The Kier molecular flexibility index (Phi) is 4.81. The van der Waals surface area contributed by atoms with Crippen molar-refractivity contribution in [2.45, 2.75) is 51.9 Å². The van der Waals surface area contributed by atoms with Gasteiger partial charge in [-0.1, -0.05) is 31.9 Å². The number of carbonyl (C=O) groups is 1. The lowest BCUT2D eigenvalue weighted by Gasteiger charge is -1.98. The van der Waals surface area contributed by atoms with Crippen LogP contribution in [0.25, 0.3) is 0 Å². The second kappa shape index (κ2) is 5.95. The van der Waals surface area contributed by atoms with Crippen LogP contribution in [0.3, 0.4) is 0 Å². The first kappa shape index (κ1) is 10.5. The Hall–Kier alpha value is -0.590. The van der Waals surface area contributed by atoms with Crippen molar-refractivity contribution in [1.82, 2.24) is 0 Å². The van der Waals surface area contributed by atoms with Gasteiger partial charge in [0.2, 0.25) is 0 Å². The van der Waals surface area contributed by atoms with Crippen molar-refractivity contribution in [1.29, 1.82) is 0 Å². The molecule has 0 aliphatic heterocycles. The molecule has 0 aromatic carbocycles. The summed E-state index contributed by atoms with van der Waals surface area (Å²) in [5.74, 6) is 1.01. The largest absolute Gasteiger partial charge is 0.300 e. The van der Waals surface area contributed by atoms with Gasteiger partial charge in [0, 0.05) is 12.8 Å². The van der Waals surface area contributed by atoms with Crippen LogP contribution in [0.15, 0.2) is 12.2 Å². The third-order valence-corrected chi connectivity index (χ3v) is 2.67. The Bertz CT molecular complexity index is 182. The number of carbonyl (C=O) groups excluding carboxylic acids is 1. The van der Waals surface area contributed by atoms with Gasteiger partial charge >= 0.3 is 0 Å². The van der Waals surface area contributed by atoms with Crippen molar-refractivity contribution < 1.29 is 4.79 Å². The molecule has 0 bridgehead atoms. The molecule has 0 amide bonds. The maximum absolute atomic E-state index is 11.0. The molecular weight excluding hydrogens is 160 g/mol. The second-order valence-corrected chi connectivity index (χ2v) is 3.97. The van der Waals surface area contributed by atoms with Gasteiger partial charge in [-0.2, -0.15) is 0 Å². The van der Waals surface area contributed by atoms with Gasteiger partial charge in [0.25, 0.3) is 0 Å². The van der Waals surface area contributed by atoms with Crippen LogP contribution in [0.5, 0.6) is 0 Å². The van der Waals surface area contributed by atoms with Crippen LogP contribution in [-0.4, -0.2) is 5.78 Å². The molecule has 1 aliphatic rings. The van der Waals surface area contributed by atoms with E-state index in [1.807, 2.05) is 0 Å². The minimum Gasteiger partial charge on any atom is -0.300 e. The van der Waals surface area contributed by atoms with Crippen molar-refractivity contribution >= 4 is 5.78 Å². The van der Waals surface area contributed by atoms with E-state index >= 15 is 0 Å². The summed E-state index contributed by atoms with van der Waals surface area (Å²) in [5.41, 5.74) is 0. The average Bonchev–Trinajstić information content (AvgIpc) is 2.51. The van der Waals surface area contributed by atoms with E-state index in [0.29, 0.717) is 11.7 Å². The number of ketones is 1. The molecule has 1 saturated carbocycles. The third kappa shape index (κ3) is 4.25. The summed E-state index contributed by atoms with van der Waals surface area (Å²) in [7, 11) is 0. The Morgan fingerprint density at radius 3 is 2.92 bits per heavy atom. The number of unbranched alkanes of at least 4 members (excludes halogenated alkanes) is 3. The highest BCUT2D eigenvalue weighted by Gasteiger charge is 2.18. The smallest absolute Gasteiger partial charge is 0.133 e. The van der Waals surface area contributed by atoms with E-state index in [-0.39, 0.29) is 0 Å². The maximum atomic E-state index is 11.0. The number of hydrogen-bond donors (Lipinski definition) is 0. The van der Waals surface area contributed by atoms with E-state index in [1.165, 1.54) is 25.7 Å². The molecule has 1 rings (SSSR count). The Morgan fingerprint density at radius 2 is 2.31 bits per heavy atom. The van der Waals surface area contributed by atoms with E-state index < -0.39 is 0 Å². The molecule has 74 valence electrons. The zero-order valence-electron chi connectivity index (χ0n) is 8.59. The van der Waals surface area contributed by atoms with Crippen LogP contribution >= 0.6 is 0 Å². The van der Waals surface area contributed by atoms with E-state index in [4.69, 9.17) is 0 Å². The van der Waals surface area contributed by atoms with Gasteiger partial charge in [0.15, 0.2) is 0 Å². The first-order chi connectivity index (χ1) is 6.33. The Morgan fingerprint density at radius 1 is 1.46 bits per heavy atom. The molecule has 0 N–H and O–H groups in total. The standard InChI is InChI=1S/C12H20O/c1-2-3-4-5-6-7-11-8-9-12(13)10-11/h6-7,11H,2-5,8-10H2,1H3/b7-6+. The van der Waals surface area contributed by atoms with Crippen molar-refractivity contribution in [2.24, 2.45) is 5.92 Å². The molecule has 1 fully saturated rings. The highest BCUT2D eigenvalue weighted by atomic mass is 16.1. The molecule has 13 heavy (non-hydrogen) atoms. The zero-order valence-corrected chi connectivity index (χ0v) is 8.59. The fourth-order valence-corrected chi connectivity index (χ4v) is 1.81. The van der Waals surface area contributed by atoms with Crippen molar-refractivity contribution in [2.75, 3.05) is 0 Å². The maximum Gasteiger partial charge on any atom is 0.133 e. The molecule has 0 aromatic heterocycles. The van der Waals surface area contributed by atoms with Crippen LogP contribution in [0, 0.1) is 5.92 Å². The summed E-state index contributed by atoms with van der Waals surface area (Å²) >= 11 is 0. The highest BCUT2D eigenvalue weighted by Crippen LogP contribution is 2.23. The predicted octanol–water partition coefficient (Wildman–Crippen LogP) is 3.49. The molecule has 0 aromatic rings. The van der Waals surface area contributed by atoms with Crippen LogP contribution < -0.4 is 0 Å². The first-order valence-corrected chi connectivity index (χ1v) is 5.51. The quantitative estimate of drug-likeness (QED) is 0.467. The van der Waals surface area contributed by atoms with E-state index in [0.717, 1.165) is 19.3 Å². The molecule has 0 radical (unpaired) electrons. The normalized spacial score (nSPS) is 23.2. The number of Topliss-reactive ketones (excluding diaryl/α,β-unsaturated/α-hetero) is 1. The fourth-order valence-electron chi connectivity index (χ4n) is 1.81. The molecule has 0 heterocycles. The monoisotopic (exact) mass is 180 g/mol. The lowest BCUT2D eigenvalue weighted by atomic mass is 10.1. The van der Waals surface area contributed by atoms with E-state index in [1.54, 1.807) is 0 Å². The van der Waals surface area contributed by atoms with Gasteiger partial charge in [0.05, 0.1) is 0 Å². The predicted molar refractivity (Wildman–Crippen MR) is 55.6 cm³/mol. The molecular formula is C12H20O. The van der Waals surface area contributed by atoms with E-state index in [9.17, 15) is 4.79 Å². The van der Waals surface area contributed by atoms with Gasteiger partial charge < -0.3 is 0 Å². The second-order valence-electron chi connectivity index (χ2n) is 3.97. The summed E-state index contributed by atoms with van der Waals surface area (Å²) in [6, 6.07) is 0.